The van der Waals surface area contributed by atoms with Gasteiger partial charge in [0.25, 0.3) is 0 Å². The van der Waals surface area contributed by atoms with E-state index in [-0.39, 0.29) is 18.8 Å². The third-order valence-electron chi connectivity index (χ3n) is 2.74. The van der Waals surface area contributed by atoms with E-state index in [2.05, 4.69) is 4.98 Å². The van der Waals surface area contributed by atoms with E-state index >= 15 is 0 Å². The van der Waals surface area contributed by atoms with E-state index in [0.717, 1.165) is 0 Å². The van der Waals surface area contributed by atoms with Gasteiger partial charge >= 0.3 is 5.69 Å². The first-order valence-electron chi connectivity index (χ1n) is 5.52. The molecular formula is C9H15N4O5P. The number of nitrogens with zero attached hydrogens (tertiary/aromatic N) is 2. The average Bonchev–Trinajstić information content (AvgIpc) is 2.67. The van der Waals surface area contributed by atoms with Crippen molar-refractivity contribution >= 4 is 14.3 Å². The number of ether oxygens (including phenoxy) is 1. The predicted octanol–water partition coefficient (Wildman–Crippen LogP) is -1.33. The van der Waals surface area contributed by atoms with Crippen molar-refractivity contribution in [2.24, 2.45) is 5.50 Å². The molecule has 1 aliphatic rings. The number of aromatic nitrogens is 2. The molecule has 0 saturated carbocycles. The van der Waals surface area contributed by atoms with E-state index in [0.29, 0.717) is 0 Å². The third kappa shape index (κ3) is 3.47. The Hall–Kier alpha value is -1.09. The minimum absolute atomic E-state index is 0.0481. The number of anilines is 1. The van der Waals surface area contributed by atoms with Crippen LogP contribution in [0.5, 0.6) is 0 Å². The van der Waals surface area contributed by atoms with Crippen molar-refractivity contribution in [2.45, 2.75) is 24.9 Å². The monoisotopic (exact) mass is 290 g/mol. The van der Waals surface area contributed by atoms with E-state index in [1.807, 2.05) is 0 Å². The van der Waals surface area contributed by atoms with Crippen LogP contribution < -0.4 is 16.9 Å². The summed E-state index contributed by atoms with van der Waals surface area (Å²) in [5.41, 5.74) is 9.92. The Bertz CT molecular complexity index is 496. The van der Waals surface area contributed by atoms with Crippen molar-refractivity contribution in [3.63, 3.8) is 0 Å². The molecule has 0 radical (unpaired) electrons. The maximum atomic E-state index is 11.6. The fourth-order valence-electron chi connectivity index (χ4n) is 1.83. The molecule has 10 heteroatoms. The first kappa shape index (κ1) is 14.3. The van der Waals surface area contributed by atoms with Crippen LogP contribution in [-0.4, -0.2) is 38.4 Å². The molecule has 1 aliphatic heterocycles. The van der Waals surface area contributed by atoms with E-state index < -0.39 is 32.7 Å². The number of rotatable bonds is 4. The summed E-state index contributed by atoms with van der Waals surface area (Å²) in [4.78, 5) is 24.1. The van der Waals surface area contributed by atoms with Crippen LogP contribution in [0.3, 0.4) is 0 Å². The summed E-state index contributed by atoms with van der Waals surface area (Å²) >= 11 is 0. The molecule has 4 atom stereocenters. The fraction of sp³-hybridized carbons (Fsp3) is 0.556. The molecule has 0 aromatic carbocycles. The predicted molar refractivity (Wildman–Crippen MR) is 66.7 cm³/mol. The van der Waals surface area contributed by atoms with Crippen LogP contribution >= 0.6 is 8.53 Å². The maximum Gasteiger partial charge on any atom is 0.351 e. The zero-order valence-electron chi connectivity index (χ0n) is 9.92. The smallest absolute Gasteiger partial charge is 0.351 e. The molecular weight excluding hydrogens is 275 g/mol. The van der Waals surface area contributed by atoms with Gasteiger partial charge in [0.15, 0.2) is 0 Å². The quantitative estimate of drug-likeness (QED) is 0.499. The van der Waals surface area contributed by atoms with Gasteiger partial charge in [-0.2, -0.15) is 4.98 Å². The van der Waals surface area contributed by atoms with E-state index in [4.69, 9.17) is 25.4 Å². The molecule has 1 fully saturated rings. The Morgan fingerprint density at radius 3 is 3.05 bits per heavy atom. The van der Waals surface area contributed by atoms with Gasteiger partial charge in [-0.3, -0.25) is 10.1 Å². The zero-order valence-corrected chi connectivity index (χ0v) is 10.8. The lowest BCUT2D eigenvalue weighted by molar-refractivity contribution is -0.0406. The van der Waals surface area contributed by atoms with Crippen LogP contribution in [0.4, 0.5) is 5.82 Å². The van der Waals surface area contributed by atoms with Gasteiger partial charge < -0.3 is 25.0 Å². The minimum Gasteiger partial charge on any atom is -0.390 e. The van der Waals surface area contributed by atoms with Gasteiger partial charge in [-0.1, -0.05) is 0 Å². The van der Waals surface area contributed by atoms with E-state index in [1.54, 1.807) is 0 Å². The molecule has 0 spiro atoms. The van der Waals surface area contributed by atoms with Gasteiger partial charge in [0.05, 0.1) is 12.7 Å². The second-order valence-corrected chi connectivity index (χ2v) is 4.94. The highest BCUT2D eigenvalue weighted by Gasteiger charge is 2.35. The topological polar surface area (TPSA) is 146 Å². The van der Waals surface area contributed by atoms with Gasteiger partial charge in [-0.15, -0.1) is 0 Å². The molecule has 0 bridgehead atoms. The standard InChI is InChI=1S/C9H15N4O5P/c10-7-1-2-13(9(15)12-7)8-3-5(14)6(18-8)4-17-19(11)16/h1-2,5-6,8,14,16H,3-4,11H2,(H2,10,12,15)/t5-,6+,8+,19?/m0/s1. The lowest BCUT2D eigenvalue weighted by atomic mass is 10.2. The van der Waals surface area contributed by atoms with Gasteiger partial charge in [0.2, 0.25) is 8.53 Å². The number of nitrogen functional groups attached to an aromatic ring is 1. The molecule has 106 valence electrons. The molecule has 1 saturated heterocycles. The first-order chi connectivity index (χ1) is 8.97. The first-order valence-corrected chi connectivity index (χ1v) is 6.80. The van der Waals surface area contributed by atoms with Gasteiger partial charge in [0, 0.05) is 12.6 Å². The molecule has 6 N–H and O–H groups in total. The van der Waals surface area contributed by atoms with Crippen LogP contribution in [-0.2, 0) is 9.26 Å². The molecule has 1 aromatic heterocycles. The average molecular weight is 290 g/mol. The second kappa shape index (κ2) is 5.91. The van der Waals surface area contributed by atoms with Crippen LogP contribution in [0.25, 0.3) is 0 Å². The van der Waals surface area contributed by atoms with Gasteiger partial charge in [-0.25, -0.2) is 4.79 Å². The van der Waals surface area contributed by atoms with E-state index in [9.17, 15) is 9.90 Å². The highest BCUT2D eigenvalue weighted by atomic mass is 31.2. The summed E-state index contributed by atoms with van der Waals surface area (Å²) in [6.07, 6.45) is -0.452. The summed E-state index contributed by atoms with van der Waals surface area (Å²) in [6, 6.07) is 1.47. The number of nitrogens with two attached hydrogens (primary N) is 2. The molecule has 2 rings (SSSR count). The Labute approximate surface area is 109 Å². The normalized spacial score (nSPS) is 28.5. The van der Waals surface area contributed by atoms with Crippen LogP contribution in [0.15, 0.2) is 17.1 Å². The van der Waals surface area contributed by atoms with Crippen molar-refractivity contribution in [3.8, 4) is 0 Å². The van der Waals surface area contributed by atoms with Crippen molar-refractivity contribution < 1.29 is 19.3 Å². The second-order valence-electron chi connectivity index (χ2n) is 4.07. The maximum absolute atomic E-state index is 11.6. The van der Waals surface area contributed by atoms with Gasteiger partial charge in [-0.05, 0) is 6.07 Å². The summed E-state index contributed by atoms with van der Waals surface area (Å²) in [7, 11) is -2.00. The Morgan fingerprint density at radius 2 is 2.42 bits per heavy atom. The number of hydrogen-bond donors (Lipinski definition) is 4. The van der Waals surface area contributed by atoms with Crippen molar-refractivity contribution in [1.82, 2.24) is 9.55 Å². The molecule has 1 aromatic rings. The number of aliphatic hydroxyl groups excluding tert-OH is 1. The third-order valence-corrected chi connectivity index (χ3v) is 3.15. The summed E-state index contributed by atoms with van der Waals surface area (Å²) in [5.74, 6) is 0.119. The summed E-state index contributed by atoms with van der Waals surface area (Å²) in [5, 5.41) is 9.80. The lowest BCUT2D eigenvalue weighted by Crippen LogP contribution is -2.28. The van der Waals surface area contributed by atoms with Crippen LogP contribution in [0.2, 0.25) is 0 Å². The fourth-order valence-corrected chi connectivity index (χ4v) is 2.13. The Kier molecular flexibility index (Phi) is 4.46. The lowest BCUT2D eigenvalue weighted by Gasteiger charge is -2.16. The number of hydrogen-bond acceptors (Lipinski definition) is 8. The van der Waals surface area contributed by atoms with Crippen molar-refractivity contribution in [1.29, 1.82) is 0 Å². The zero-order chi connectivity index (χ0) is 14.0. The largest absolute Gasteiger partial charge is 0.390 e. The molecule has 1 unspecified atom stereocenters. The minimum atomic E-state index is -2.00. The molecule has 0 aliphatic carbocycles. The van der Waals surface area contributed by atoms with Crippen molar-refractivity contribution in [3.05, 3.63) is 22.7 Å². The highest BCUT2D eigenvalue weighted by Crippen LogP contribution is 2.30. The van der Waals surface area contributed by atoms with Crippen molar-refractivity contribution in [2.75, 3.05) is 12.3 Å². The molecule has 2 heterocycles. The van der Waals surface area contributed by atoms with Crippen LogP contribution in [0, 0.1) is 0 Å². The molecule has 9 nitrogen and oxygen atoms in total. The van der Waals surface area contributed by atoms with Gasteiger partial charge in [0.1, 0.15) is 18.1 Å². The van der Waals surface area contributed by atoms with Crippen LogP contribution in [0.1, 0.15) is 12.6 Å². The summed E-state index contributed by atoms with van der Waals surface area (Å²) in [6.45, 7) is -0.0481. The number of aliphatic hydroxyl groups is 1. The molecule has 0 amide bonds. The molecule has 19 heavy (non-hydrogen) atoms. The highest BCUT2D eigenvalue weighted by molar-refractivity contribution is 7.43. The van der Waals surface area contributed by atoms with E-state index in [1.165, 1.54) is 16.8 Å². The Morgan fingerprint density at radius 1 is 1.68 bits per heavy atom. The summed E-state index contributed by atoms with van der Waals surface area (Å²) < 4.78 is 11.5. The Balaban J connectivity index is 2.05. The SMILES string of the molecule is Nc1ccn([C@H]2C[C@H](O)[C@@H](COP(N)O)O2)c(=O)n1.